The molecule has 2 aromatic carbocycles. The lowest BCUT2D eigenvalue weighted by molar-refractivity contribution is 0.0599. The zero-order chi connectivity index (χ0) is 20.9. The number of hydrogen-bond acceptors (Lipinski definition) is 4. The van der Waals surface area contributed by atoms with Crippen LogP contribution >= 0.6 is 11.8 Å². The fourth-order valence-electron chi connectivity index (χ4n) is 4.32. The summed E-state index contributed by atoms with van der Waals surface area (Å²) in [6.45, 7) is 2.16. The molecule has 154 valence electrons. The molecule has 0 aliphatic heterocycles. The largest absolute Gasteiger partial charge is 0.465 e. The van der Waals surface area contributed by atoms with Crippen LogP contribution in [0, 0.1) is 6.92 Å². The predicted octanol–water partition coefficient (Wildman–Crippen LogP) is 6.38. The van der Waals surface area contributed by atoms with Crippen LogP contribution in [0.3, 0.4) is 0 Å². The van der Waals surface area contributed by atoms with E-state index in [0.717, 1.165) is 24.8 Å². The van der Waals surface area contributed by atoms with E-state index in [1.807, 2.05) is 11.8 Å². The molecule has 0 saturated carbocycles. The number of fused-ring (bicyclic) bond motifs is 1. The summed E-state index contributed by atoms with van der Waals surface area (Å²) in [6.07, 6.45) is 8.87. The summed E-state index contributed by atoms with van der Waals surface area (Å²) in [5.74, 6) is 0.242. The minimum atomic E-state index is -0.283. The Kier molecular flexibility index (Phi) is 6.53. The molecule has 4 rings (SSSR count). The molecule has 0 saturated heterocycles. The second kappa shape index (κ2) is 9.48. The lowest BCUT2D eigenvalue weighted by Crippen LogP contribution is -2.12. The molecular weight excluding hydrogens is 390 g/mol. The highest BCUT2D eigenvalue weighted by Crippen LogP contribution is 2.38. The summed E-state index contributed by atoms with van der Waals surface area (Å²) in [5, 5.41) is 0. The number of hydrogen-bond donors (Lipinski definition) is 0. The summed E-state index contributed by atoms with van der Waals surface area (Å²) >= 11 is 1.85. The van der Waals surface area contributed by atoms with Gasteiger partial charge in [-0.05, 0) is 91.5 Å². The molecule has 0 N–H and O–H groups in total. The Morgan fingerprint density at radius 2 is 2.07 bits per heavy atom. The number of carbonyl (C=O) groups excluding carboxylic acids is 1. The zero-order valence-electron chi connectivity index (χ0n) is 17.6. The maximum absolute atomic E-state index is 12.0. The molecule has 0 unspecified atom stereocenters. The summed E-state index contributed by atoms with van der Waals surface area (Å²) in [6, 6.07) is 17.3. The predicted molar refractivity (Wildman–Crippen MR) is 121 cm³/mol. The van der Waals surface area contributed by atoms with Gasteiger partial charge in [-0.2, -0.15) is 0 Å². The Balaban J connectivity index is 1.50. The van der Waals surface area contributed by atoms with E-state index in [9.17, 15) is 4.79 Å². The molecule has 1 heterocycles. The van der Waals surface area contributed by atoms with E-state index in [-0.39, 0.29) is 5.97 Å². The molecule has 30 heavy (non-hydrogen) atoms. The molecule has 1 atom stereocenters. The highest BCUT2D eigenvalue weighted by atomic mass is 32.2. The van der Waals surface area contributed by atoms with Crippen LogP contribution in [0.2, 0.25) is 0 Å². The van der Waals surface area contributed by atoms with E-state index in [0.29, 0.717) is 11.5 Å². The molecule has 0 amide bonds. The number of esters is 1. The van der Waals surface area contributed by atoms with Gasteiger partial charge in [0.25, 0.3) is 0 Å². The number of carbonyl (C=O) groups is 1. The van der Waals surface area contributed by atoms with Gasteiger partial charge in [0.15, 0.2) is 0 Å². The van der Waals surface area contributed by atoms with Gasteiger partial charge < -0.3 is 4.74 Å². The molecule has 1 aliphatic carbocycles. The van der Waals surface area contributed by atoms with Crippen molar-refractivity contribution in [3.05, 3.63) is 88.7 Å². The molecule has 0 fully saturated rings. The minimum Gasteiger partial charge on any atom is -0.465 e. The van der Waals surface area contributed by atoms with Crippen LogP contribution < -0.4 is 0 Å². The highest BCUT2D eigenvalue weighted by molar-refractivity contribution is 7.99. The molecule has 1 aromatic heterocycles. The van der Waals surface area contributed by atoms with Gasteiger partial charge in [0.05, 0.1) is 12.7 Å². The Morgan fingerprint density at radius 1 is 1.20 bits per heavy atom. The van der Waals surface area contributed by atoms with Gasteiger partial charge in [-0.15, -0.1) is 0 Å². The van der Waals surface area contributed by atoms with E-state index in [1.165, 1.54) is 46.4 Å². The third kappa shape index (κ3) is 4.59. The summed E-state index contributed by atoms with van der Waals surface area (Å²) in [5.41, 5.74) is 5.87. The van der Waals surface area contributed by atoms with E-state index < -0.39 is 0 Å². The summed E-state index contributed by atoms with van der Waals surface area (Å²) in [4.78, 5) is 18.9. The second-order valence-electron chi connectivity index (χ2n) is 7.88. The monoisotopic (exact) mass is 417 g/mol. The van der Waals surface area contributed by atoms with Gasteiger partial charge >= 0.3 is 5.97 Å². The van der Waals surface area contributed by atoms with Crippen LogP contribution in [0.1, 0.15) is 57.8 Å². The van der Waals surface area contributed by atoms with Gasteiger partial charge in [-0.3, -0.25) is 4.98 Å². The third-order valence-electron chi connectivity index (χ3n) is 5.95. The Bertz CT molecular complexity index is 1050. The Hall–Kier alpha value is -2.59. The van der Waals surface area contributed by atoms with E-state index in [4.69, 9.17) is 4.74 Å². The lowest BCUT2D eigenvalue weighted by Gasteiger charge is -2.26. The summed E-state index contributed by atoms with van der Waals surface area (Å²) < 4.78 is 4.93. The molecule has 0 spiro atoms. The van der Waals surface area contributed by atoms with Crippen molar-refractivity contribution in [1.29, 1.82) is 0 Å². The summed E-state index contributed by atoms with van der Waals surface area (Å²) in [7, 11) is 1.43. The SMILES string of the molecule is COC(=O)c1ccncc1CC[C@@H]1CCCc2cc(Sc3ccccc3C)ccc21. The van der Waals surface area contributed by atoms with Crippen LogP contribution in [0.15, 0.2) is 70.7 Å². The van der Waals surface area contributed by atoms with Crippen molar-refractivity contribution in [2.45, 2.75) is 54.7 Å². The van der Waals surface area contributed by atoms with Gasteiger partial charge in [0.1, 0.15) is 0 Å². The number of rotatable bonds is 6. The fraction of sp³-hybridized carbons (Fsp3) is 0.308. The Labute approximate surface area is 182 Å². The molecule has 3 aromatic rings. The fourth-order valence-corrected chi connectivity index (χ4v) is 5.28. The minimum absolute atomic E-state index is 0.283. The van der Waals surface area contributed by atoms with Crippen LogP contribution in [0.4, 0.5) is 0 Å². The van der Waals surface area contributed by atoms with Gasteiger partial charge in [0.2, 0.25) is 0 Å². The number of pyridine rings is 1. The first kappa shape index (κ1) is 20.7. The number of methoxy groups -OCH3 is 1. The number of ether oxygens (including phenoxy) is 1. The first-order valence-corrected chi connectivity index (χ1v) is 11.3. The van der Waals surface area contributed by atoms with Gasteiger partial charge in [-0.1, -0.05) is 36.0 Å². The van der Waals surface area contributed by atoms with Gasteiger partial charge in [-0.25, -0.2) is 4.79 Å². The van der Waals surface area contributed by atoms with Crippen LogP contribution in [-0.4, -0.2) is 18.1 Å². The van der Waals surface area contributed by atoms with Crippen LogP contribution in [0.5, 0.6) is 0 Å². The van der Waals surface area contributed by atoms with Crippen LogP contribution in [0.25, 0.3) is 0 Å². The zero-order valence-corrected chi connectivity index (χ0v) is 18.4. The molecule has 0 radical (unpaired) electrons. The second-order valence-corrected chi connectivity index (χ2v) is 9.00. The molecular formula is C26H27NO2S. The lowest BCUT2D eigenvalue weighted by atomic mass is 9.80. The first-order valence-electron chi connectivity index (χ1n) is 10.5. The normalized spacial score (nSPS) is 15.5. The van der Waals surface area contributed by atoms with Crippen molar-refractivity contribution in [1.82, 2.24) is 4.98 Å². The van der Waals surface area contributed by atoms with Crippen molar-refractivity contribution in [3.8, 4) is 0 Å². The van der Waals surface area contributed by atoms with Crippen molar-refractivity contribution in [2.75, 3.05) is 7.11 Å². The third-order valence-corrected chi connectivity index (χ3v) is 7.11. The van der Waals surface area contributed by atoms with Crippen molar-refractivity contribution in [2.24, 2.45) is 0 Å². The number of nitrogens with zero attached hydrogens (tertiary/aromatic N) is 1. The number of benzene rings is 2. The van der Waals surface area contributed by atoms with Crippen molar-refractivity contribution < 1.29 is 9.53 Å². The van der Waals surface area contributed by atoms with E-state index >= 15 is 0 Å². The van der Waals surface area contributed by atoms with E-state index in [2.05, 4.69) is 54.4 Å². The van der Waals surface area contributed by atoms with E-state index in [1.54, 1.807) is 18.5 Å². The maximum atomic E-state index is 12.0. The Morgan fingerprint density at radius 3 is 2.90 bits per heavy atom. The van der Waals surface area contributed by atoms with Crippen molar-refractivity contribution in [3.63, 3.8) is 0 Å². The average Bonchev–Trinajstić information content (AvgIpc) is 2.78. The quantitative estimate of drug-likeness (QED) is 0.436. The molecule has 1 aliphatic rings. The number of aromatic nitrogens is 1. The smallest absolute Gasteiger partial charge is 0.338 e. The molecule has 3 nitrogen and oxygen atoms in total. The number of aryl methyl sites for hydroxylation is 3. The molecule has 4 heteroatoms. The highest BCUT2D eigenvalue weighted by Gasteiger charge is 2.22. The maximum Gasteiger partial charge on any atom is 0.338 e. The average molecular weight is 418 g/mol. The molecule has 0 bridgehead atoms. The van der Waals surface area contributed by atoms with Crippen LogP contribution in [-0.2, 0) is 17.6 Å². The first-order chi connectivity index (χ1) is 14.7. The van der Waals surface area contributed by atoms with Crippen molar-refractivity contribution >= 4 is 17.7 Å². The standard InChI is InChI=1S/C26H27NO2S/c1-18-6-3-4-9-25(18)30-22-12-13-23-19(7-5-8-20(23)16-22)10-11-21-17-27-15-14-24(21)26(28)29-2/h3-4,6,9,12-17,19H,5,7-8,10-11H2,1-2H3/t19-/m0/s1. The van der Waals surface area contributed by atoms with Gasteiger partial charge in [0, 0.05) is 22.2 Å². The topological polar surface area (TPSA) is 39.2 Å².